The predicted octanol–water partition coefficient (Wildman–Crippen LogP) is 1.18. The van der Waals surface area contributed by atoms with Gasteiger partial charge in [0.05, 0.1) is 24.5 Å². The number of nitrogens with zero attached hydrogens (tertiary/aromatic N) is 2. The summed E-state index contributed by atoms with van der Waals surface area (Å²) in [6.45, 7) is 1.28. The van der Waals surface area contributed by atoms with Gasteiger partial charge in [-0.3, -0.25) is 14.3 Å². The van der Waals surface area contributed by atoms with E-state index in [-0.39, 0.29) is 18.6 Å². The standard InChI is InChI=1S/C17H20N4O4/c18-16(22)11-25-14-5-3-12(4-6-14)17(23)20-13-8-19-21(9-13)10-15-2-1-7-24-15/h3-6,8-9,15H,1-2,7,10-11H2,(H2,18,22)(H,20,23). The maximum Gasteiger partial charge on any atom is 0.255 e. The van der Waals surface area contributed by atoms with Crippen LogP contribution in [-0.4, -0.2) is 40.9 Å². The molecule has 1 unspecified atom stereocenters. The maximum atomic E-state index is 12.3. The fraction of sp³-hybridized carbons (Fsp3) is 0.353. The molecule has 1 saturated heterocycles. The van der Waals surface area contributed by atoms with E-state index in [1.54, 1.807) is 41.3 Å². The normalized spacial score (nSPS) is 16.6. The van der Waals surface area contributed by atoms with E-state index < -0.39 is 5.91 Å². The Kier molecular flexibility index (Phi) is 5.30. The van der Waals surface area contributed by atoms with Gasteiger partial charge in [0.25, 0.3) is 11.8 Å². The highest BCUT2D eigenvalue weighted by Crippen LogP contribution is 2.16. The Hall–Kier alpha value is -2.87. The molecular formula is C17H20N4O4. The molecule has 3 rings (SSSR count). The first kappa shape index (κ1) is 17.0. The van der Waals surface area contributed by atoms with Crippen molar-refractivity contribution in [3.63, 3.8) is 0 Å². The zero-order valence-electron chi connectivity index (χ0n) is 13.7. The first-order valence-corrected chi connectivity index (χ1v) is 8.07. The summed E-state index contributed by atoms with van der Waals surface area (Å²) >= 11 is 0. The van der Waals surface area contributed by atoms with E-state index in [2.05, 4.69) is 10.4 Å². The number of benzene rings is 1. The molecule has 0 radical (unpaired) electrons. The topological polar surface area (TPSA) is 108 Å². The molecule has 132 valence electrons. The van der Waals surface area contributed by atoms with Crippen molar-refractivity contribution in [1.82, 2.24) is 9.78 Å². The quantitative estimate of drug-likeness (QED) is 0.784. The number of carbonyl (C=O) groups is 2. The van der Waals surface area contributed by atoms with Crippen molar-refractivity contribution in [1.29, 1.82) is 0 Å². The number of hydrogen-bond donors (Lipinski definition) is 2. The molecule has 1 fully saturated rings. The number of nitrogens with one attached hydrogen (secondary N) is 1. The van der Waals surface area contributed by atoms with Crippen LogP contribution in [0.25, 0.3) is 0 Å². The van der Waals surface area contributed by atoms with Gasteiger partial charge in [-0.2, -0.15) is 5.10 Å². The molecule has 3 N–H and O–H groups in total. The lowest BCUT2D eigenvalue weighted by molar-refractivity contribution is -0.119. The lowest BCUT2D eigenvalue weighted by atomic mass is 10.2. The van der Waals surface area contributed by atoms with E-state index in [4.69, 9.17) is 15.2 Å². The number of nitrogens with two attached hydrogens (primary N) is 1. The Morgan fingerprint density at radius 1 is 1.36 bits per heavy atom. The molecule has 1 aromatic heterocycles. The molecule has 0 spiro atoms. The number of hydrogen-bond acceptors (Lipinski definition) is 5. The summed E-state index contributed by atoms with van der Waals surface area (Å²) in [7, 11) is 0. The van der Waals surface area contributed by atoms with Crippen LogP contribution in [0.5, 0.6) is 5.75 Å². The van der Waals surface area contributed by atoms with Gasteiger partial charge in [0, 0.05) is 18.4 Å². The molecule has 1 aliphatic heterocycles. The van der Waals surface area contributed by atoms with E-state index in [9.17, 15) is 9.59 Å². The molecule has 2 heterocycles. The van der Waals surface area contributed by atoms with Crippen molar-refractivity contribution in [3.05, 3.63) is 42.2 Å². The Balaban J connectivity index is 1.54. The number of rotatable bonds is 7. The second kappa shape index (κ2) is 7.80. The summed E-state index contributed by atoms with van der Waals surface area (Å²) < 4.78 is 12.5. The summed E-state index contributed by atoms with van der Waals surface area (Å²) in [5, 5.41) is 7.03. The average molecular weight is 344 g/mol. The molecule has 2 amide bonds. The maximum absolute atomic E-state index is 12.3. The van der Waals surface area contributed by atoms with E-state index in [0.29, 0.717) is 23.5 Å². The van der Waals surface area contributed by atoms with Crippen LogP contribution in [0.1, 0.15) is 23.2 Å². The molecule has 25 heavy (non-hydrogen) atoms. The minimum absolute atomic E-state index is 0.191. The number of anilines is 1. The first-order valence-electron chi connectivity index (χ1n) is 8.07. The van der Waals surface area contributed by atoms with Gasteiger partial charge < -0.3 is 20.5 Å². The Morgan fingerprint density at radius 3 is 2.84 bits per heavy atom. The van der Waals surface area contributed by atoms with Gasteiger partial charge in [0.15, 0.2) is 6.61 Å². The number of primary amides is 1. The van der Waals surface area contributed by atoms with E-state index in [0.717, 1.165) is 19.4 Å². The van der Waals surface area contributed by atoms with Gasteiger partial charge in [-0.15, -0.1) is 0 Å². The van der Waals surface area contributed by atoms with Crippen LogP contribution in [0.4, 0.5) is 5.69 Å². The minimum atomic E-state index is -0.554. The Morgan fingerprint density at radius 2 is 2.16 bits per heavy atom. The third-order valence-corrected chi connectivity index (χ3v) is 3.80. The summed E-state index contributed by atoms with van der Waals surface area (Å²) in [5.41, 5.74) is 6.11. The second-order valence-corrected chi connectivity index (χ2v) is 5.82. The van der Waals surface area contributed by atoms with Crippen LogP contribution in [0.3, 0.4) is 0 Å². The molecule has 0 bridgehead atoms. The smallest absolute Gasteiger partial charge is 0.255 e. The van der Waals surface area contributed by atoms with Gasteiger partial charge in [-0.05, 0) is 37.1 Å². The minimum Gasteiger partial charge on any atom is -0.484 e. The highest BCUT2D eigenvalue weighted by Gasteiger charge is 2.16. The third-order valence-electron chi connectivity index (χ3n) is 3.80. The second-order valence-electron chi connectivity index (χ2n) is 5.82. The number of carbonyl (C=O) groups excluding carboxylic acids is 2. The average Bonchev–Trinajstić information content (AvgIpc) is 3.26. The van der Waals surface area contributed by atoms with Gasteiger partial charge in [-0.1, -0.05) is 0 Å². The Labute approximate surface area is 144 Å². The Bertz CT molecular complexity index is 735. The van der Waals surface area contributed by atoms with Crippen molar-refractivity contribution in [2.24, 2.45) is 5.73 Å². The summed E-state index contributed by atoms with van der Waals surface area (Å²) in [5.74, 6) is -0.334. The van der Waals surface area contributed by atoms with Crippen LogP contribution >= 0.6 is 0 Å². The SMILES string of the molecule is NC(=O)COc1ccc(C(=O)Nc2cnn(CC3CCCO3)c2)cc1. The zero-order chi connectivity index (χ0) is 17.6. The molecule has 8 nitrogen and oxygen atoms in total. The molecule has 8 heteroatoms. The van der Waals surface area contributed by atoms with Gasteiger partial charge in [-0.25, -0.2) is 0 Å². The van der Waals surface area contributed by atoms with E-state index in [1.165, 1.54) is 0 Å². The molecule has 0 saturated carbocycles. The van der Waals surface area contributed by atoms with Crippen molar-refractivity contribution in [2.75, 3.05) is 18.5 Å². The van der Waals surface area contributed by atoms with Gasteiger partial charge in [0.2, 0.25) is 0 Å². The highest BCUT2D eigenvalue weighted by atomic mass is 16.5. The van der Waals surface area contributed by atoms with Crippen LogP contribution in [-0.2, 0) is 16.1 Å². The van der Waals surface area contributed by atoms with E-state index >= 15 is 0 Å². The fourth-order valence-corrected chi connectivity index (χ4v) is 2.59. The summed E-state index contributed by atoms with van der Waals surface area (Å²) in [6, 6.07) is 6.45. The summed E-state index contributed by atoms with van der Waals surface area (Å²) in [4.78, 5) is 22.9. The lowest BCUT2D eigenvalue weighted by Crippen LogP contribution is -2.20. The van der Waals surface area contributed by atoms with Crippen molar-refractivity contribution >= 4 is 17.5 Å². The van der Waals surface area contributed by atoms with Gasteiger partial charge in [0.1, 0.15) is 5.75 Å². The monoisotopic (exact) mass is 344 g/mol. The predicted molar refractivity (Wildman–Crippen MR) is 90.3 cm³/mol. The fourth-order valence-electron chi connectivity index (χ4n) is 2.59. The first-order chi connectivity index (χ1) is 12.1. The summed E-state index contributed by atoms with van der Waals surface area (Å²) in [6.07, 6.45) is 5.69. The zero-order valence-corrected chi connectivity index (χ0v) is 13.7. The molecule has 1 atom stereocenters. The molecule has 0 aliphatic carbocycles. The van der Waals surface area contributed by atoms with Gasteiger partial charge >= 0.3 is 0 Å². The number of ether oxygens (including phenoxy) is 2. The highest BCUT2D eigenvalue weighted by molar-refractivity contribution is 6.04. The van der Waals surface area contributed by atoms with Crippen molar-refractivity contribution in [3.8, 4) is 5.75 Å². The van der Waals surface area contributed by atoms with Crippen molar-refractivity contribution < 1.29 is 19.1 Å². The van der Waals surface area contributed by atoms with Crippen molar-refractivity contribution in [2.45, 2.75) is 25.5 Å². The molecule has 1 aromatic carbocycles. The van der Waals surface area contributed by atoms with Crippen LogP contribution < -0.4 is 15.8 Å². The number of aromatic nitrogens is 2. The molecule has 2 aromatic rings. The third kappa shape index (κ3) is 4.80. The largest absolute Gasteiger partial charge is 0.484 e. The molecular weight excluding hydrogens is 324 g/mol. The van der Waals surface area contributed by atoms with Crippen LogP contribution in [0.15, 0.2) is 36.7 Å². The van der Waals surface area contributed by atoms with Crippen LogP contribution in [0, 0.1) is 0 Å². The van der Waals surface area contributed by atoms with E-state index in [1.807, 2.05) is 0 Å². The lowest BCUT2D eigenvalue weighted by Gasteiger charge is -2.08. The van der Waals surface area contributed by atoms with Crippen LogP contribution in [0.2, 0.25) is 0 Å². The number of amides is 2. The molecule has 1 aliphatic rings.